The van der Waals surface area contributed by atoms with Crippen molar-refractivity contribution in [1.82, 2.24) is 15.0 Å². The SMILES string of the molecule is Cc1ncc2[nH]c(C)[c]c2n1. The Hall–Kier alpha value is -1.38. The van der Waals surface area contributed by atoms with Crippen molar-refractivity contribution in [2.75, 3.05) is 0 Å². The number of nitrogens with one attached hydrogen (secondary N) is 1. The fraction of sp³-hybridized carbons (Fsp3) is 0.250. The number of fused-ring (bicyclic) bond motifs is 1. The molecule has 0 saturated heterocycles. The van der Waals surface area contributed by atoms with Crippen LogP contribution in [0.15, 0.2) is 6.20 Å². The number of aromatic amines is 1. The van der Waals surface area contributed by atoms with Gasteiger partial charge in [0, 0.05) is 11.8 Å². The molecule has 3 heteroatoms. The molecule has 0 bridgehead atoms. The third kappa shape index (κ3) is 0.981. The first-order valence-corrected chi connectivity index (χ1v) is 3.47. The maximum atomic E-state index is 4.20. The van der Waals surface area contributed by atoms with Crippen molar-refractivity contribution < 1.29 is 0 Å². The van der Waals surface area contributed by atoms with Gasteiger partial charge in [0.15, 0.2) is 0 Å². The predicted molar refractivity (Wildman–Crippen MR) is 42.2 cm³/mol. The molecule has 0 aliphatic carbocycles. The highest BCUT2D eigenvalue weighted by Gasteiger charge is 1.98. The molecule has 11 heavy (non-hydrogen) atoms. The Kier molecular flexibility index (Phi) is 1.18. The Morgan fingerprint density at radius 2 is 2.27 bits per heavy atom. The summed E-state index contributed by atoms with van der Waals surface area (Å²) in [6.45, 7) is 3.83. The Morgan fingerprint density at radius 1 is 1.45 bits per heavy atom. The van der Waals surface area contributed by atoms with Crippen LogP contribution in [0.25, 0.3) is 11.0 Å². The molecule has 0 amide bonds. The van der Waals surface area contributed by atoms with Crippen LogP contribution in [0.3, 0.4) is 0 Å². The number of rotatable bonds is 0. The van der Waals surface area contributed by atoms with Gasteiger partial charge in [0.1, 0.15) is 5.82 Å². The van der Waals surface area contributed by atoms with E-state index < -0.39 is 0 Å². The van der Waals surface area contributed by atoms with Crippen molar-refractivity contribution >= 4 is 11.0 Å². The van der Waals surface area contributed by atoms with Crippen molar-refractivity contribution in [2.45, 2.75) is 13.8 Å². The third-order valence-corrected chi connectivity index (χ3v) is 1.54. The van der Waals surface area contributed by atoms with Crippen LogP contribution in [0.4, 0.5) is 0 Å². The van der Waals surface area contributed by atoms with Crippen LogP contribution in [0.2, 0.25) is 0 Å². The maximum Gasteiger partial charge on any atom is 0.126 e. The molecule has 1 N–H and O–H groups in total. The third-order valence-electron chi connectivity index (χ3n) is 1.54. The summed E-state index contributed by atoms with van der Waals surface area (Å²) in [7, 11) is 0. The average molecular weight is 146 g/mol. The maximum absolute atomic E-state index is 4.20. The number of hydrogen-bond donors (Lipinski definition) is 1. The molecule has 2 aromatic rings. The van der Waals surface area contributed by atoms with Gasteiger partial charge in [0.25, 0.3) is 0 Å². The van der Waals surface area contributed by atoms with E-state index in [4.69, 9.17) is 0 Å². The summed E-state index contributed by atoms with van der Waals surface area (Å²) >= 11 is 0. The van der Waals surface area contributed by atoms with Gasteiger partial charge in [-0.25, -0.2) is 9.97 Å². The molecule has 0 saturated carbocycles. The summed E-state index contributed by atoms with van der Waals surface area (Å²) in [6, 6.07) is 3.09. The molecule has 2 heterocycles. The molecule has 2 aromatic heterocycles. The van der Waals surface area contributed by atoms with E-state index in [1.54, 1.807) is 6.20 Å². The van der Waals surface area contributed by atoms with Gasteiger partial charge in [0.05, 0.1) is 17.2 Å². The smallest absolute Gasteiger partial charge is 0.126 e. The largest absolute Gasteiger partial charge is 0.356 e. The zero-order valence-corrected chi connectivity index (χ0v) is 6.47. The van der Waals surface area contributed by atoms with Gasteiger partial charge in [-0.05, 0) is 13.8 Å². The molecule has 0 aromatic carbocycles. The molecule has 55 valence electrons. The zero-order chi connectivity index (χ0) is 7.84. The first-order valence-electron chi connectivity index (χ1n) is 3.47. The number of nitrogens with zero attached hydrogens (tertiary/aromatic N) is 2. The minimum Gasteiger partial charge on any atom is -0.356 e. The topological polar surface area (TPSA) is 41.6 Å². The van der Waals surface area contributed by atoms with Gasteiger partial charge in [-0.15, -0.1) is 0 Å². The van der Waals surface area contributed by atoms with Gasteiger partial charge in [0.2, 0.25) is 0 Å². The van der Waals surface area contributed by atoms with Crippen molar-refractivity contribution in [3.63, 3.8) is 0 Å². The lowest BCUT2D eigenvalue weighted by molar-refractivity contribution is 1.09. The first kappa shape index (κ1) is 6.34. The van der Waals surface area contributed by atoms with E-state index in [0.29, 0.717) is 0 Å². The van der Waals surface area contributed by atoms with Crippen molar-refractivity contribution in [1.29, 1.82) is 0 Å². The lowest BCUT2D eigenvalue weighted by atomic mass is 10.4. The highest BCUT2D eigenvalue weighted by Crippen LogP contribution is 2.09. The molecule has 0 spiro atoms. The molecule has 0 fully saturated rings. The lowest BCUT2D eigenvalue weighted by Gasteiger charge is -1.88. The minimum absolute atomic E-state index is 0.785. The molecule has 0 atom stereocenters. The quantitative estimate of drug-likeness (QED) is 0.610. The Labute approximate surface area is 64.5 Å². The average Bonchev–Trinajstić information content (AvgIpc) is 2.27. The van der Waals surface area contributed by atoms with Crippen LogP contribution in [-0.4, -0.2) is 15.0 Å². The number of aryl methyl sites for hydroxylation is 2. The minimum atomic E-state index is 0.785. The van der Waals surface area contributed by atoms with Crippen LogP contribution < -0.4 is 0 Å². The normalized spacial score (nSPS) is 10.7. The van der Waals surface area contributed by atoms with Crippen molar-refractivity contribution in [3.05, 3.63) is 23.8 Å². The molecular formula is C8H8N3. The van der Waals surface area contributed by atoms with Crippen LogP contribution in [0.5, 0.6) is 0 Å². The van der Waals surface area contributed by atoms with Gasteiger partial charge >= 0.3 is 0 Å². The van der Waals surface area contributed by atoms with Crippen LogP contribution >= 0.6 is 0 Å². The van der Waals surface area contributed by atoms with Gasteiger partial charge in [-0.1, -0.05) is 0 Å². The molecular weight excluding hydrogens is 138 g/mol. The lowest BCUT2D eigenvalue weighted by Crippen LogP contribution is -1.84. The van der Waals surface area contributed by atoms with E-state index in [1.165, 1.54) is 0 Å². The summed E-state index contributed by atoms with van der Waals surface area (Å²) in [5.41, 5.74) is 2.82. The summed E-state index contributed by atoms with van der Waals surface area (Å²) in [4.78, 5) is 11.4. The fourth-order valence-electron chi connectivity index (χ4n) is 1.07. The molecule has 0 aliphatic heterocycles. The van der Waals surface area contributed by atoms with E-state index in [9.17, 15) is 0 Å². The second-order valence-corrected chi connectivity index (χ2v) is 2.55. The van der Waals surface area contributed by atoms with Gasteiger partial charge in [-0.2, -0.15) is 0 Å². The predicted octanol–water partition coefficient (Wildman–Crippen LogP) is 1.37. The molecule has 0 unspecified atom stereocenters. The standard InChI is InChI=1S/C8H8N3/c1-5-3-7-8(10-5)4-9-6(2)11-7/h4,10H,1-2H3. The number of hydrogen-bond acceptors (Lipinski definition) is 2. The highest BCUT2D eigenvalue weighted by atomic mass is 14.9. The Balaban J connectivity index is 2.82. The zero-order valence-electron chi connectivity index (χ0n) is 6.47. The second kappa shape index (κ2) is 2.05. The Bertz CT molecular complexity index is 389. The van der Waals surface area contributed by atoms with E-state index in [1.807, 2.05) is 13.8 Å². The van der Waals surface area contributed by atoms with Gasteiger partial charge in [-0.3, -0.25) is 0 Å². The number of aromatic nitrogens is 3. The highest BCUT2D eigenvalue weighted by molar-refractivity contribution is 5.73. The summed E-state index contributed by atoms with van der Waals surface area (Å²) in [5.74, 6) is 0.785. The molecule has 3 nitrogen and oxygen atoms in total. The van der Waals surface area contributed by atoms with E-state index in [0.717, 1.165) is 22.6 Å². The van der Waals surface area contributed by atoms with Gasteiger partial charge < -0.3 is 4.98 Å². The summed E-state index contributed by atoms with van der Waals surface area (Å²) in [6.07, 6.45) is 1.78. The summed E-state index contributed by atoms with van der Waals surface area (Å²) in [5, 5.41) is 0. The van der Waals surface area contributed by atoms with Crippen molar-refractivity contribution in [2.24, 2.45) is 0 Å². The fourth-order valence-corrected chi connectivity index (χ4v) is 1.07. The molecule has 2 rings (SSSR count). The first-order chi connectivity index (χ1) is 5.25. The van der Waals surface area contributed by atoms with Crippen LogP contribution in [-0.2, 0) is 0 Å². The molecule has 0 aliphatic rings. The van der Waals surface area contributed by atoms with Crippen molar-refractivity contribution in [3.8, 4) is 0 Å². The molecule has 1 radical (unpaired) electrons. The monoisotopic (exact) mass is 146 g/mol. The number of H-pyrrole nitrogens is 1. The summed E-state index contributed by atoms with van der Waals surface area (Å²) < 4.78 is 0. The van der Waals surface area contributed by atoms with E-state index >= 15 is 0 Å². The Morgan fingerprint density at radius 3 is 3.09 bits per heavy atom. The second-order valence-electron chi connectivity index (χ2n) is 2.55. The van der Waals surface area contributed by atoms with Crippen LogP contribution in [0.1, 0.15) is 11.5 Å². The van der Waals surface area contributed by atoms with E-state index in [2.05, 4.69) is 21.0 Å². The van der Waals surface area contributed by atoms with E-state index in [-0.39, 0.29) is 0 Å². The van der Waals surface area contributed by atoms with Crippen LogP contribution in [0, 0.1) is 19.9 Å².